The number of para-hydroxylation sites is 2. The summed E-state index contributed by atoms with van der Waals surface area (Å²) in [7, 11) is 1.47. The van der Waals surface area contributed by atoms with Crippen molar-refractivity contribution in [3.8, 4) is 17.2 Å². The number of hydrogen-bond acceptors (Lipinski definition) is 7. The molecule has 2 bridgehead atoms. The fraction of sp³-hybridized carbons (Fsp3) is 0.261. The largest absolute Gasteiger partial charge is 0.504 e. The van der Waals surface area contributed by atoms with E-state index in [4.69, 9.17) is 14.5 Å². The van der Waals surface area contributed by atoms with Crippen LogP contribution in [0, 0.1) is 5.92 Å². The number of nitrogens with zero attached hydrogens (tertiary/aromatic N) is 2. The Balaban J connectivity index is 1.80. The van der Waals surface area contributed by atoms with E-state index in [1.165, 1.54) is 25.4 Å². The zero-order valence-corrected chi connectivity index (χ0v) is 18.0. The summed E-state index contributed by atoms with van der Waals surface area (Å²) >= 11 is 1.21. The molecule has 2 aliphatic heterocycles. The van der Waals surface area contributed by atoms with Gasteiger partial charge in [0.15, 0.2) is 16.3 Å². The van der Waals surface area contributed by atoms with E-state index in [0.29, 0.717) is 26.4 Å². The van der Waals surface area contributed by atoms with Gasteiger partial charge < -0.3 is 14.6 Å². The number of methoxy groups -OCH3 is 1. The zero-order valence-electron chi connectivity index (χ0n) is 17.2. The fourth-order valence-electron chi connectivity index (χ4n) is 4.52. The third-order valence-electron chi connectivity index (χ3n) is 5.85. The van der Waals surface area contributed by atoms with Gasteiger partial charge in [-0.25, -0.2) is 4.99 Å². The summed E-state index contributed by atoms with van der Waals surface area (Å²) in [6, 6.07) is 12.0. The van der Waals surface area contributed by atoms with Gasteiger partial charge in [0.2, 0.25) is 5.72 Å². The minimum atomic E-state index is -1.10. The van der Waals surface area contributed by atoms with E-state index in [0.717, 1.165) is 5.56 Å². The standard InChI is InChI=1S/C23H20N2O5S/c1-12(26)18-19-14-8-4-5-9-15(14)30-23(18,2)24-22-25(19)21(28)17(31-22)11-13-7-6-10-16(29-3)20(13)27/h4-11,18-19,27H,1-3H3/b17-11-. The maximum Gasteiger partial charge on any atom is 0.270 e. The third-order valence-corrected chi connectivity index (χ3v) is 6.84. The Hall–Kier alpha value is -3.39. The summed E-state index contributed by atoms with van der Waals surface area (Å²) < 4.78 is 13.3. The number of phenols is 1. The van der Waals surface area contributed by atoms with E-state index in [-0.39, 0.29) is 17.1 Å². The van der Waals surface area contributed by atoms with Gasteiger partial charge in [0, 0.05) is 11.1 Å². The zero-order chi connectivity index (χ0) is 21.9. The smallest absolute Gasteiger partial charge is 0.270 e. The van der Waals surface area contributed by atoms with Crippen LogP contribution in [0.25, 0.3) is 6.08 Å². The number of ether oxygens (including phenoxy) is 2. The average Bonchev–Trinajstić information content (AvgIpc) is 3.02. The van der Waals surface area contributed by atoms with Crippen LogP contribution in [0.15, 0.2) is 52.3 Å². The number of ketones is 1. The van der Waals surface area contributed by atoms with Crippen molar-refractivity contribution in [2.75, 3.05) is 7.11 Å². The Morgan fingerprint density at radius 2 is 2.06 bits per heavy atom. The van der Waals surface area contributed by atoms with Crippen LogP contribution in [-0.4, -0.2) is 28.3 Å². The summed E-state index contributed by atoms with van der Waals surface area (Å²) in [5.74, 6) is 0.183. The van der Waals surface area contributed by atoms with Crippen molar-refractivity contribution in [1.82, 2.24) is 4.57 Å². The summed E-state index contributed by atoms with van der Waals surface area (Å²) in [4.78, 5) is 31.3. The molecule has 1 N–H and O–H groups in total. The first-order valence-corrected chi connectivity index (χ1v) is 10.6. The van der Waals surface area contributed by atoms with E-state index in [1.54, 1.807) is 35.8 Å². The number of Topliss-reactive ketones (excluding diaryl/α,β-unsaturated/α-hetero) is 1. The van der Waals surface area contributed by atoms with Gasteiger partial charge >= 0.3 is 0 Å². The van der Waals surface area contributed by atoms with Crippen LogP contribution in [-0.2, 0) is 4.79 Å². The first kappa shape index (κ1) is 19.6. The van der Waals surface area contributed by atoms with Gasteiger partial charge in [0.25, 0.3) is 5.56 Å². The Bertz CT molecular complexity index is 1410. The van der Waals surface area contributed by atoms with Crippen LogP contribution < -0.4 is 24.4 Å². The lowest BCUT2D eigenvalue weighted by Gasteiger charge is -2.45. The van der Waals surface area contributed by atoms with Gasteiger partial charge in [-0.15, -0.1) is 0 Å². The highest BCUT2D eigenvalue weighted by Gasteiger charge is 2.53. The summed E-state index contributed by atoms with van der Waals surface area (Å²) in [6.45, 7) is 3.29. The molecule has 8 heteroatoms. The number of rotatable bonds is 3. The minimum absolute atomic E-state index is 0.0429. The van der Waals surface area contributed by atoms with Crippen LogP contribution in [0.3, 0.4) is 0 Å². The van der Waals surface area contributed by atoms with Crippen LogP contribution in [0.2, 0.25) is 0 Å². The van der Waals surface area contributed by atoms with Crippen LogP contribution in [0.1, 0.15) is 31.0 Å². The average molecular weight is 436 g/mol. The Morgan fingerprint density at radius 3 is 2.81 bits per heavy atom. The molecule has 0 radical (unpaired) electrons. The van der Waals surface area contributed by atoms with Crippen molar-refractivity contribution < 1.29 is 19.4 Å². The number of fused-ring (bicyclic) bond motifs is 6. The van der Waals surface area contributed by atoms with E-state index >= 15 is 0 Å². The van der Waals surface area contributed by atoms with Crippen molar-refractivity contribution in [1.29, 1.82) is 0 Å². The minimum Gasteiger partial charge on any atom is -0.504 e. The number of phenolic OH excluding ortho intramolecular Hbond substituents is 1. The van der Waals surface area contributed by atoms with Gasteiger partial charge in [-0.1, -0.05) is 41.7 Å². The van der Waals surface area contributed by atoms with Gasteiger partial charge in [0.05, 0.1) is 17.7 Å². The Kier molecular flexibility index (Phi) is 4.30. The lowest BCUT2D eigenvalue weighted by molar-refractivity contribution is -0.132. The van der Waals surface area contributed by atoms with E-state index in [9.17, 15) is 14.7 Å². The molecule has 2 aliphatic rings. The second kappa shape index (κ2) is 6.81. The molecule has 0 spiro atoms. The van der Waals surface area contributed by atoms with E-state index in [2.05, 4.69) is 0 Å². The molecule has 1 aromatic heterocycles. The van der Waals surface area contributed by atoms with Crippen LogP contribution in [0.4, 0.5) is 0 Å². The second-order valence-electron chi connectivity index (χ2n) is 7.81. The van der Waals surface area contributed by atoms with Gasteiger partial charge in [-0.3, -0.25) is 14.2 Å². The molecule has 0 aliphatic carbocycles. The highest BCUT2D eigenvalue weighted by molar-refractivity contribution is 7.07. The molecule has 2 aromatic carbocycles. The monoisotopic (exact) mass is 436 g/mol. The van der Waals surface area contributed by atoms with Crippen LogP contribution in [0.5, 0.6) is 17.2 Å². The molecule has 31 heavy (non-hydrogen) atoms. The first-order chi connectivity index (χ1) is 14.8. The number of aromatic nitrogens is 1. The maximum atomic E-state index is 13.5. The number of carbonyl (C=O) groups excluding carboxylic acids is 1. The number of carbonyl (C=O) groups is 1. The second-order valence-corrected chi connectivity index (χ2v) is 8.82. The quantitative estimate of drug-likeness (QED) is 0.678. The SMILES string of the molecule is COc1cccc(/C=c2\sc3n(c2=O)C2c4ccccc4OC(C)(N=3)C2C(C)=O)c1O. The van der Waals surface area contributed by atoms with Gasteiger partial charge in [-0.2, -0.15) is 0 Å². The number of aromatic hydroxyl groups is 1. The molecular weight excluding hydrogens is 416 g/mol. The predicted octanol–water partition coefficient (Wildman–Crippen LogP) is 1.99. The molecule has 3 heterocycles. The normalized spacial score (nSPS) is 23.9. The highest BCUT2D eigenvalue weighted by Crippen LogP contribution is 2.47. The van der Waals surface area contributed by atoms with Crippen molar-refractivity contribution in [3.63, 3.8) is 0 Å². The third kappa shape index (κ3) is 2.82. The lowest BCUT2D eigenvalue weighted by atomic mass is 9.79. The molecule has 0 amide bonds. The summed E-state index contributed by atoms with van der Waals surface area (Å²) in [5, 5.41) is 10.4. The maximum absolute atomic E-state index is 13.5. The molecule has 158 valence electrons. The molecular formula is C23H20N2O5S. The number of thiazole rings is 1. The predicted molar refractivity (Wildman–Crippen MR) is 115 cm³/mol. The topological polar surface area (TPSA) is 90.1 Å². The fourth-order valence-corrected chi connectivity index (χ4v) is 5.61. The molecule has 7 nitrogen and oxygen atoms in total. The molecule has 3 atom stereocenters. The van der Waals surface area contributed by atoms with Crippen molar-refractivity contribution >= 4 is 23.2 Å². The van der Waals surface area contributed by atoms with Crippen molar-refractivity contribution in [2.24, 2.45) is 10.9 Å². The first-order valence-electron chi connectivity index (χ1n) is 9.81. The molecule has 5 rings (SSSR count). The number of benzene rings is 2. The van der Waals surface area contributed by atoms with Gasteiger partial charge in [-0.05, 0) is 32.1 Å². The summed E-state index contributed by atoms with van der Waals surface area (Å²) in [5.41, 5.74) is -0.116. The lowest BCUT2D eigenvalue weighted by Crippen LogP contribution is -2.58. The van der Waals surface area contributed by atoms with Crippen LogP contribution >= 0.6 is 11.3 Å². The van der Waals surface area contributed by atoms with Gasteiger partial charge in [0.1, 0.15) is 17.5 Å². The molecule has 0 saturated heterocycles. The molecule has 0 saturated carbocycles. The Morgan fingerprint density at radius 1 is 1.29 bits per heavy atom. The van der Waals surface area contributed by atoms with Crippen molar-refractivity contribution in [3.05, 3.63) is 73.3 Å². The molecule has 0 fully saturated rings. The number of hydrogen-bond donors (Lipinski definition) is 1. The van der Waals surface area contributed by atoms with E-state index < -0.39 is 17.7 Å². The van der Waals surface area contributed by atoms with E-state index in [1.807, 2.05) is 24.3 Å². The summed E-state index contributed by atoms with van der Waals surface area (Å²) in [6.07, 6.45) is 1.62. The molecule has 3 aromatic rings. The highest BCUT2D eigenvalue weighted by atomic mass is 32.1. The molecule has 3 unspecified atom stereocenters. The van der Waals surface area contributed by atoms with Crippen molar-refractivity contribution in [2.45, 2.75) is 25.6 Å². The Labute approximate surface area is 181 Å².